The van der Waals surface area contributed by atoms with Gasteiger partial charge in [-0.05, 0) is 36.6 Å². The lowest BCUT2D eigenvalue weighted by molar-refractivity contribution is 0.378. The molecule has 0 saturated carbocycles. The Kier molecular flexibility index (Phi) is 6.50. The minimum absolute atomic E-state index is 0.0239. The van der Waals surface area contributed by atoms with Gasteiger partial charge in [-0.15, -0.1) is 0 Å². The number of hydrogen-bond donors (Lipinski definition) is 2. The van der Waals surface area contributed by atoms with Crippen molar-refractivity contribution >= 4 is 33.2 Å². The first-order valence-corrected chi connectivity index (χ1v) is 8.93. The number of sulfonamides is 1. The summed E-state index contributed by atoms with van der Waals surface area (Å²) >= 11 is 12.2. The second-order valence-electron chi connectivity index (χ2n) is 6.12. The Balaban J connectivity index is 3.03. The van der Waals surface area contributed by atoms with E-state index in [9.17, 15) is 8.42 Å². The van der Waals surface area contributed by atoms with Crippen LogP contribution in [0.2, 0.25) is 10.0 Å². The Labute approximate surface area is 137 Å². The maximum absolute atomic E-state index is 12.4. The average molecular weight is 353 g/mol. The van der Waals surface area contributed by atoms with Crippen molar-refractivity contribution < 1.29 is 8.42 Å². The summed E-state index contributed by atoms with van der Waals surface area (Å²) in [5.74, 6) is 0. The van der Waals surface area contributed by atoms with E-state index in [-0.39, 0.29) is 15.3 Å². The summed E-state index contributed by atoms with van der Waals surface area (Å²) in [4.78, 5) is 0.0239. The summed E-state index contributed by atoms with van der Waals surface area (Å²) < 4.78 is 27.3. The summed E-state index contributed by atoms with van der Waals surface area (Å²) in [6, 6.07) is 3.04. The van der Waals surface area contributed by atoms with E-state index in [0.717, 1.165) is 6.42 Å². The van der Waals surface area contributed by atoms with E-state index < -0.39 is 10.0 Å². The molecule has 0 aliphatic rings. The molecule has 0 bridgehead atoms. The zero-order valence-corrected chi connectivity index (χ0v) is 15.1. The third kappa shape index (κ3) is 5.75. The standard InChI is InChI=1S/C14H22Cl2N2O2S/c1-14(2,3)5-6-18-21(19,20)12-8-11(15)7-10(9-17-4)13(12)16/h7-8,17-18H,5-6,9H2,1-4H3. The average Bonchev–Trinajstić information content (AvgIpc) is 2.31. The predicted octanol–water partition coefficient (Wildman–Crippen LogP) is 3.43. The SMILES string of the molecule is CNCc1cc(Cl)cc(S(=O)(=O)NCCC(C)(C)C)c1Cl. The Morgan fingerprint density at radius 2 is 1.81 bits per heavy atom. The Bertz CT molecular complexity index is 596. The molecule has 2 N–H and O–H groups in total. The molecule has 7 heteroatoms. The molecule has 0 fully saturated rings. The van der Waals surface area contributed by atoms with Crippen LogP contribution in [0.5, 0.6) is 0 Å². The van der Waals surface area contributed by atoms with Gasteiger partial charge in [0.05, 0.1) is 5.02 Å². The molecule has 4 nitrogen and oxygen atoms in total. The molecule has 0 unspecified atom stereocenters. The van der Waals surface area contributed by atoms with Gasteiger partial charge in [0.15, 0.2) is 0 Å². The first kappa shape index (κ1) is 18.7. The lowest BCUT2D eigenvalue weighted by Gasteiger charge is -2.18. The van der Waals surface area contributed by atoms with Crippen LogP contribution in [0.3, 0.4) is 0 Å². The molecular weight excluding hydrogens is 331 g/mol. The summed E-state index contributed by atoms with van der Waals surface area (Å²) in [7, 11) is -1.91. The van der Waals surface area contributed by atoms with Crippen LogP contribution in [-0.2, 0) is 16.6 Å². The molecule has 1 rings (SSSR count). The number of nitrogens with one attached hydrogen (secondary N) is 2. The topological polar surface area (TPSA) is 58.2 Å². The molecule has 1 aromatic rings. The molecule has 0 aliphatic carbocycles. The lowest BCUT2D eigenvalue weighted by Crippen LogP contribution is -2.28. The Morgan fingerprint density at radius 1 is 1.19 bits per heavy atom. The van der Waals surface area contributed by atoms with Crippen LogP contribution in [0.25, 0.3) is 0 Å². The first-order chi connectivity index (χ1) is 9.57. The van der Waals surface area contributed by atoms with Crippen LogP contribution in [-0.4, -0.2) is 22.0 Å². The van der Waals surface area contributed by atoms with Gasteiger partial charge in [-0.2, -0.15) is 0 Å². The summed E-state index contributed by atoms with van der Waals surface area (Å²) in [5.41, 5.74) is 0.709. The van der Waals surface area contributed by atoms with Gasteiger partial charge in [0.2, 0.25) is 10.0 Å². The maximum atomic E-state index is 12.4. The third-order valence-corrected chi connectivity index (χ3v) is 5.16. The van der Waals surface area contributed by atoms with Crippen LogP contribution in [0.4, 0.5) is 0 Å². The fraction of sp³-hybridized carbons (Fsp3) is 0.571. The van der Waals surface area contributed by atoms with Gasteiger partial charge in [-0.25, -0.2) is 13.1 Å². The van der Waals surface area contributed by atoms with Gasteiger partial charge in [0.1, 0.15) is 4.90 Å². The maximum Gasteiger partial charge on any atom is 0.242 e. The molecule has 0 saturated heterocycles. The normalized spacial score (nSPS) is 12.7. The van der Waals surface area contributed by atoms with E-state index in [1.165, 1.54) is 6.07 Å². The summed E-state index contributed by atoms with van der Waals surface area (Å²) in [5, 5.41) is 3.49. The molecule has 120 valence electrons. The van der Waals surface area contributed by atoms with Crippen molar-refractivity contribution in [1.29, 1.82) is 0 Å². The van der Waals surface area contributed by atoms with Gasteiger partial charge in [0, 0.05) is 18.1 Å². The number of rotatable bonds is 6. The molecule has 0 spiro atoms. The number of hydrogen-bond acceptors (Lipinski definition) is 3. The third-order valence-electron chi connectivity index (χ3n) is 2.90. The van der Waals surface area contributed by atoms with E-state index in [2.05, 4.69) is 30.8 Å². The highest BCUT2D eigenvalue weighted by Crippen LogP contribution is 2.29. The second kappa shape index (κ2) is 7.29. The van der Waals surface area contributed by atoms with Crippen LogP contribution in [0.15, 0.2) is 17.0 Å². The fourth-order valence-electron chi connectivity index (χ4n) is 1.77. The largest absolute Gasteiger partial charge is 0.316 e. The molecule has 0 amide bonds. The predicted molar refractivity (Wildman–Crippen MR) is 88.5 cm³/mol. The molecule has 1 aromatic carbocycles. The van der Waals surface area contributed by atoms with Crippen molar-refractivity contribution in [3.8, 4) is 0 Å². The monoisotopic (exact) mass is 352 g/mol. The highest BCUT2D eigenvalue weighted by atomic mass is 35.5. The summed E-state index contributed by atoms with van der Waals surface area (Å²) in [6.45, 7) is 6.97. The van der Waals surface area contributed by atoms with Crippen molar-refractivity contribution in [3.05, 3.63) is 27.7 Å². The summed E-state index contributed by atoms with van der Waals surface area (Å²) in [6.07, 6.45) is 0.730. The minimum Gasteiger partial charge on any atom is -0.316 e. The zero-order valence-electron chi connectivity index (χ0n) is 12.8. The van der Waals surface area contributed by atoms with E-state index in [1.807, 2.05) is 0 Å². The zero-order chi connectivity index (χ0) is 16.3. The van der Waals surface area contributed by atoms with E-state index >= 15 is 0 Å². The van der Waals surface area contributed by atoms with E-state index in [0.29, 0.717) is 23.7 Å². The van der Waals surface area contributed by atoms with Gasteiger partial charge in [-0.3, -0.25) is 0 Å². The van der Waals surface area contributed by atoms with Crippen LogP contribution < -0.4 is 10.0 Å². The van der Waals surface area contributed by atoms with Crippen molar-refractivity contribution in [2.24, 2.45) is 5.41 Å². The van der Waals surface area contributed by atoms with Gasteiger partial charge < -0.3 is 5.32 Å². The quantitative estimate of drug-likeness (QED) is 0.824. The Hall–Kier alpha value is -0.330. The minimum atomic E-state index is -3.67. The van der Waals surface area contributed by atoms with E-state index in [4.69, 9.17) is 23.2 Å². The highest BCUT2D eigenvalue weighted by molar-refractivity contribution is 7.89. The van der Waals surface area contributed by atoms with Crippen molar-refractivity contribution in [2.45, 2.75) is 38.6 Å². The van der Waals surface area contributed by atoms with E-state index in [1.54, 1.807) is 13.1 Å². The van der Waals surface area contributed by atoms with Gasteiger partial charge in [-0.1, -0.05) is 44.0 Å². The van der Waals surface area contributed by atoms with Crippen LogP contribution in [0.1, 0.15) is 32.8 Å². The van der Waals surface area contributed by atoms with Crippen molar-refractivity contribution in [2.75, 3.05) is 13.6 Å². The highest BCUT2D eigenvalue weighted by Gasteiger charge is 2.21. The second-order valence-corrected chi connectivity index (χ2v) is 8.67. The fourth-order valence-corrected chi connectivity index (χ4v) is 3.73. The number of benzene rings is 1. The van der Waals surface area contributed by atoms with Crippen LogP contribution in [0, 0.1) is 5.41 Å². The van der Waals surface area contributed by atoms with Crippen molar-refractivity contribution in [1.82, 2.24) is 10.0 Å². The lowest BCUT2D eigenvalue weighted by atomic mass is 9.93. The Morgan fingerprint density at radius 3 is 2.33 bits per heavy atom. The molecule has 21 heavy (non-hydrogen) atoms. The molecule has 0 atom stereocenters. The van der Waals surface area contributed by atoms with Crippen LogP contribution >= 0.6 is 23.2 Å². The van der Waals surface area contributed by atoms with Gasteiger partial charge in [0.25, 0.3) is 0 Å². The first-order valence-electron chi connectivity index (χ1n) is 6.69. The molecule has 0 aliphatic heterocycles. The van der Waals surface area contributed by atoms with Crippen molar-refractivity contribution in [3.63, 3.8) is 0 Å². The number of halogens is 2. The smallest absolute Gasteiger partial charge is 0.242 e. The molecule has 0 heterocycles. The molecule has 0 aromatic heterocycles. The molecule has 0 radical (unpaired) electrons. The molecular formula is C14H22Cl2N2O2S. The van der Waals surface area contributed by atoms with Gasteiger partial charge >= 0.3 is 0 Å².